The maximum Gasteiger partial charge on any atom is 0.228 e. The summed E-state index contributed by atoms with van der Waals surface area (Å²) in [4.78, 5) is 8.42. The highest BCUT2D eigenvalue weighted by Gasteiger charge is 2.18. The molecule has 0 aromatic carbocycles. The van der Waals surface area contributed by atoms with Crippen LogP contribution in [-0.4, -0.2) is 9.97 Å². The lowest BCUT2D eigenvalue weighted by atomic mass is 10.3. The molecular formula is C10H9N3O. The zero-order valence-corrected chi connectivity index (χ0v) is 7.53. The molecule has 1 aliphatic heterocycles. The minimum atomic E-state index is 0.671. The Kier molecular flexibility index (Phi) is 1.61. The van der Waals surface area contributed by atoms with Crippen LogP contribution in [0, 0.1) is 0 Å². The van der Waals surface area contributed by atoms with Crippen molar-refractivity contribution in [3.63, 3.8) is 0 Å². The minimum absolute atomic E-state index is 0.671. The molecule has 3 rings (SSSR count). The van der Waals surface area contributed by atoms with E-state index in [2.05, 4.69) is 15.3 Å². The molecule has 0 unspecified atom stereocenters. The molecule has 14 heavy (non-hydrogen) atoms. The third-order valence-corrected chi connectivity index (χ3v) is 2.26. The Labute approximate surface area is 81.0 Å². The SMILES string of the molecule is c1cncc(-c2nc3c(o2)CNC3)c1. The lowest BCUT2D eigenvalue weighted by Gasteiger charge is -1.93. The predicted molar refractivity (Wildman–Crippen MR) is 50.3 cm³/mol. The third-order valence-electron chi connectivity index (χ3n) is 2.26. The van der Waals surface area contributed by atoms with Gasteiger partial charge in [0, 0.05) is 18.9 Å². The van der Waals surface area contributed by atoms with Gasteiger partial charge in [0.2, 0.25) is 5.89 Å². The quantitative estimate of drug-likeness (QED) is 0.732. The molecule has 0 atom stereocenters. The van der Waals surface area contributed by atoms with Crippen molar-refractivity contribution < 1.29 is 4.42 Å². The highest BCUT2D eigenvalue weighted by atomic mass is 16.4. The van der Waals surface area contributed by atoms with Gasteiger partial charge in [-0.15, -0.1) is 0 Å². The third kappa shape index (κ3) is 1.12. The predicted octanol–water partition coefficient (Wildman–Crippen LogP) is 1.34. The van der Waals surface area contributed by atoms with Crippen molar-refractivity contribution in [3.8, 4) is 11.5 Å². The van der Waals surface area contributed by atoms with Crippen molar-refractivity contribution in [3.05, 3.63) is 36.0 Å². The zero-order valence-electron chi connectivity index (χ0n) is 7.53. The van der Waals surface area contributed by atoms with Crippen LogP contribution in [-0.2, 0) is 13.1 Å². The summed E-state index contributed by atoms with van der Waals surface area (Å²) in [5.74, 6) is 1.62. The first kappa shape index (κ1) is 7.70. The van der Waals surface area contributed by atoms with Gasteiger partial charge in [0.15, 0.2) is 0 Å². The van der Waals surface area contributed by atoms with Crippen LogP contribution in [0.15, 0.2) is 28.9 Å². The molecule has 0 amide bonds. The lowest BCUT2D eigenvalue weighted by Crippen LogP contribution is -2.01. The van der Waals surface area contributed by atoms with Gasteiger partial charge < -0.3 is 9.73 Å². The molecule has 70 valence electrons. The molecule has 0 spiro atoms. The Morgan fingerprint density at radius 2 is 2.36 bits per heavy atom. The van der Waals surface area contributed by atoms with E-state index in [1.165, 1.54) is 0 Å². The van der Waals surface area contributed by atoms with Crippen LogP contribution >= 0.6 is 0 Å². The van der Waals surface area contributed by atoms with Crippen molar-refractivity contribution in [2.45, 2.75) is 13.1 Å². The van der Waals surface area contributed by atoms with Gasteiger partial charge in [-0.1, -0.05) is 0 Å². The first-order chi connectivity index (χ1) is 6.93. The van der Waals surface area contributed by atoms with Gasteiger partial charge in [0.1, 0.15) is 5.76 Å². The van der Waals surface area contributed by atoms with E-state index in [0.717, 1.165) is 30.1 Å². The molecule has 2 aromatic rings. The van der Waals surface area contributed by atoms with Crippen molar-refractivity contribution in [1.29, 1.82) is 0 Å². The van der Waals surface area contributed by atoms with E-state index in [1.54, 1.807) is 12.4 Å². The summed E-state index contributed by atoms with van der Waals surface area (Å²) in [6, 6.07) is 3.82. The number of fused-ring (bicyclic) bond motifs is 1. The van der Waals surface area contributed by atoms with Crippen LogP contribution in [0.2, 0.25) is 0 Å². The number of nitrogens with one attached hydrogen (secondary N) is 1. The normalized spacial score (nSPS) is 14.3. The second-order valence-corrected chi connectivity index (χ2v) is 3.23. The maximum absolute atomic E-state index is 5.60. The molecular weight excluding hydrogens is 178 g/mol. The average Bonchev–Trinajstić information content (AvgIpc) is 2.78. The summed E-state index contributed by atoms with van der Waals surface area (Å²) >= 11 is 0. The second-order valence-electron chi connectivity index (χ2n) is 3.23. The van der Waals surface area contributed by atoms with Gasteiger partial charge in [0.25, 0.3) is 0 Å². The van der Waals surface area contributed by atoms with E-state index >= 15 is 0 Å². The monoisotopic (exact) mass is 187 g/mol. The topological polar surface area (TPSA) is 51.0 Å². The van der Waals surface area contributed by atoms with Crippen molar-refractivity contribution >= 4 is 0 Å². The highest BCUT2D eigenvalue weighted by molar-refractivity contribution is 5.51. The molecule has 4 heteroatoms. The number of hydrogen-bond donors (Lipinski definition) is 1. The van der Waals surface area contributed by atoms with E-state index in [9.17, 15) is 0 Å². The summed E-state index contributed by atoms with van der Waals surface area (Å²) in [6.07, 6.45) is 3.50. The molecule has 0 saturated heterocycles. The lowest BCUT2D eigenvalue weighted by molar-refractivity contribution is 0.511. The Bertz CT molecular complexity index is 428. The van der Waals surface area contributed by atoms with Crippen LogP contribution < -0.4 is 5.32 Å². The number of oxazole rings is 1. The number of pyridine rings is 1. The summed E-state index contributed by atoms with van der Waals surface area (Å²) in [6.45, 7) is 1.59. The molecule has 0 bridgehead atoms. The van der Waals surface area contributed by atoms with Gasteiger partial charge in [0.05, 0.1) is 17.8 Å². The van der Waals surface area contributed by atoms with E-state index in [1.807, 2.05) is 12.1 Å². The van der Waals surface area contributed by atoms with Crippen LogP contribution in [0.1, 0.15) is 11.5 Å². The van der Waals surface area contributed by atoms with E-state index in [0.29, 0.717) is 5.89 Å². The fourth-order valence-corrected chi connectivity index (χ4v) is 1.57. The van der Waals surface area contributed by atoms with E-state index in [-0.39, 0.29) is 0 Å². The first-order valence-corrected chi connectivity index (χ1v) is 4.53. The van der Waals surface area contributed by atoms with Gasteiger partial charge >= 0.3 is 0 Å². The number of hydrogen-bond acceptors (Lipinski definition) is 4. The molecule has 3 heterocycles. The Balaban J connectivity index is 2.06. The molecule has 0 radical (unpaired) electrons. The first-order valence-electron chi connectivity index (χ1n) is 4.53. The van der Waals surface area contributed by atoms with Crippen molar-refractivity contribution in [1.82, 2.24) is 15.3 Å². The summed E-state index contributed by atoms with van der Waals surface area (Å²) in [5, 5.41) is 3.17. The zero-order chi connectivity index (χ0) is 9.38. The smallest absolute Gasteiger partial charge is 0.228 e. The summed E-state index contributed by atoms with van der Waals surface area (Å²) in [5.41, 5.74) is 1.95. The van der Waals surface area contributed by atoms with Crippen molar-refractivity contribution in [2.75, 3.05) is 0 Å². The van der Waals surface area contributed by atoms with E-state index < -0.39 is 0 Å². The van der Waals surface area contributed by atoms with Crippen LogP contribution in [0.3, 0.4) is 0 Å². The largest absolute Gasteiger partial charge is 0.439 e. The fraction of sp³-hybridized carbons (Fsp3) is 0.200. The Morgan fingerprint density at radius 1 is 1.36 bits per heavy atom. The van der Waals surface area contributed by atoms with Crippen LogP contribution in [0.4, 0.5) is 0 Å². The highest BCUT2D eigenvalue weighted by Crippen LogP contribution is 2.23. The summed E-state index contributed by atoms with van der Waals surface area (Å²) in [7, 11) is 0. The molecule has 0 aliphatic carbocycles. The molecule has 2 aromatic heterocycles. The molecule has 1 aliphatic rings. The van der Waals surface area contributed by atoms with Crippen LogP contribution in [0.25, 0.3) is 11.5 Å². The van der Waals surface area contributed by atoms with Gasteiger partial charge in [-0.05, 0) is 12.1 Å². The number of aromatic nitrogens is 2. The standard InChI is InChI=1S/C10H9N3O/c1-2-7(4-11-3-1)10-13-8-5-12-6-9(8)14-10/h1-4,12H,5-6H2. The second kappa shape index (κ2) is 2.92. The number of nitrogens with zero attached hydrogens (tertiary/aromatic N) is 2. The average molecular weight is 187 g/mol. The molecule has 0 fully saturated rings. The number of rotatable bonds is 1. The fourth-order valence-electron chi connectivity index (χ4n) is 1.57. The van der Waals surface area contributed by atoms with Crippen molar-refractivity contribution in [2.24, 2.45) is 0 Å². The summed E-state index contributed by atoms with van der Waals surface area (Å²) < 4.78 is 5.60. The van der Waals surface area contributed by atoms with E-state index in [4.69, 9.17) is 4.42 Å². The molecule has 1 N–H and O–H groups in total. The Morgan fingerprint density at radius 3 is 3.14 bits per heavy atom. The van der Waals surface area contributed by atoms with Gasteiger partial charge in [-0.25, -0.2) is 4.98 Å². The van der Waals surface area contributed by atoms with Gasteiger partial charge in [-0.2, -0.15) is 0 Å². The maximum atomic E-state index is 5.60. The van der Waals surface area contributed by atoms with Gasteiger partial charge in [-0.3, -0.25) is 4.98 Å². The van der Waals surface area contributed by atoms with Crippen LogP contribution in [0.5, 0.6) is 0 Å². The Hall–Kier alpha value is -1.68. The molecule has 0 saturated carbocycles. The molecule has 4 nitrogen and oxygen atoms in total. The minimum Gasteiger partial charge on any atom is -0.439 e.